The molecule has 0 radical (unpaired) electrons. The summed E-state index contributed by atoms with van der Waals surface area (Å²) in [6.07, 6.45) is 7.48. The maximum Gasteiger partial charge on any atom is 0.224 e. The van der Waals surface area contributed by atoms with Crippen LogP contribution in [0.1, 0.15) is 69.2 Å². The third-order valence-corrected chi connectivity index (χ3v) is 8.67. The van der Waals surface area contributed by atoms with Gasteiger partial charge in [-0.2, -0.15) is 0 Å². The maximum absolute atomic E-state index is 13.3. The van der Waals surface area contributed by atoms with Gasteiger partial charge >= 0.3 is 0 Å². The smallest absolute Gasteiger partial charge is 0.224 e. The van der Waals surface area contributed by atoms with E-state index in [9.17, 15) is 9.90 Å². The second-order valence-electron chi connectivity index (χ2n) is 11.6. The molecule has 0 unspecified atom stereocenters. The average molecular weight is 532 g/mol. The molecule has 2 aliphatic rings. The number of likely N-dealkylation sites (tertiary alicyclic amines) is 1. The average Bonchev–Trinajstić information content (AvgIpc) is 3.35. The van der Waals surface area contributed by atoms with Crippen LogP contribution in [0.25, 0.3) is 11.0 Å². The Morgan fingerprint density at radius 1 is 1.08 bits per heavy atom. The molecule has 2 aliphatic heterocycles. The SMILES string of the molecule is CCCCn1c([C@@H]2CCCN(C(=O)C[C@H](N)Cc3ccc(N4CCC(CO)CC4)cc3)C2)nc2ccccc21. The van der Waals surface area contributed by atoms with Crippen LogP contribution in [0.2, 0.25) is 0 Å². The van der Waals surface area contributed by atoms with Crippen LogP contribution in [0.15, 0.2) is 48.5 Å². The van der Waals surface area contributed by atoms with Crippen LogP contribution in [0.4, 0.5) is 5.69 Å². The zero-order valence-corrected chi connectivity index (χ0v) is 23.5. The second kappa shape index (κ2) is 13.0. The van der Waals surface area contributed by atoms with Gasteiger partial charge in [0.15, 0.2) is 0 Å². The fourth-order valence-corrected chi connectivity index (χ4v) is 6.32. The number of aliphatic hydroxyl groups excluding tert-OH is 1. The topological polar surface area (TPSA) is 87.6 Å². The first-order valence-corrected chi connectivity index (χ1v) is 15.0. The summed E-state index contributed by atoms with van der Waals surface area (Å²) in [5.41, 5.74) is 11.2. The second-order valence-corrected chi connectivity index (χ2v) is 11.6. The summed E-state index contributed by atoms with van der Waals surface area (Å²) in [7, 11) is 0. The Kier molecular flexibility index (Phi) is 9.20. The molecule has 1 aromatic heterocycles. The summed E-state index contributed by atoms with van der Waals surface area (Å²) in [5.74, 6) is 1.99. The first-order valence-electron chi connectivity index (χ1n) is 15.0. The molecule has 5 rings (SSSR count). The Morgan fingerprint density at radius 3 is 2.59 bits per heavy atom. The van der Waals surface area contributed by atoms with Gasteiger partial charge in [0.2, 0.25) is 5.91 Å². The van der Waals surface area contributed by atoms with Gasteiger partial charge in [0, 0.05) is 63.4 Å². The highest BCUT2D eigenvalue weighted by Gasteiger charge is 2.29. The van der Waals surface area contributed by atoms with Gasteiger partial charge in [-0.15, -0.1) is 0 Å². The van der Waals surface area contributed by atoms with Gasteiger partial charge in [-0.05, 0) is 74.3 Å². The van der Waals surface area contributed by atoms with Gasteiger partial charge in [-0.3, -0.25) is 4.79 Å². The highest BCUT2D eigenvalue weighted by Crippen LogP contribution is 2.30. The van der Waals surface area contributed by atoms with Crippen molar-refractivity contribution in [2.75, 3.05) is 37.7 Å². The number of carbonyl (C=O) groups excluding carboxylic acids is 1. The minimum absolute atomic E-state index is 0.159. The first kappa shape index (κ1) is 27.7. The number of nitrogens with two attached hydrogens (primary N) is 1. The molecule has 210 valence electrons. The maximum atomic E-state index is 13.3. The molecule has 3 aromatic rings. The summed E-state index contributed by atoms with van der Waals surface area (Å²) < 4.78 is 2.39. The highest BCUT2D eigenvalue weighted by molar-refractivity contribution is 5.78. The van der Waals surface area contributed by atoms with Gasteiger partial charge in [0.1, 0.15) is 5.82 Å². The van der Waals surface area contributed by atoms with Crippen LogP contribution in [0.5, 0.6) is 0 Å². The molecule has 7 heteroatoms. The predicted molar refractivity (Wildman–Crippen MR) is 158 cm³/mol. The number of imidazole rings is 1. The monoisotopic (exact) mass is 531 g/mol. The molecule has 0 aliphatic carbocycles. The minimum atomic E-state index is -0.196. The summed E-state index contributed by atoms with van der Waals surface area (Å²) in [4.78, 5) is 22.8. The third-order valence-electron chi connectivity index (χ3n) is 8.67. The molecule has 3 N–H and O–H groups in total. The Labute approximate surface area is 233 Å². The van der Waals surface area contributed by atoms with Gasteiger partial charge < -0.3 is 25.2 Å². The lowest BCUT2D eigenvalue weighted by atomic mass is 9.95. The zero-order valence-electron chi connectivity index (χ0n) is 23.5. The van der Waals surface area contributed by atoms with Crippen LogP contribution in [-0.4, -0.2) is 64.3 Å². The number of nitrogens with zero attached hydrogens (tertiary/aromatic N) is 4. The molecular formula is C32H45N5O2. The van der Waals surface area contributed by atoms with E-state index in [1.807, 2.05) is 4.90 Å². The van der Waals surface area contributed by atoms with Crippen LogP contribution in [0, 0.1) is 5.92 Å². The van der Waals surface area contributed by atoms with Crippen molar-refractivity contribution in [3.05, 3.63) is 59.9 Å². The fraction of sp³-hybridized carbons (Fsp3) is 0.562. The molecule has 39 heavy (non-hydrogen) atoms. The summed E-state index contributed by atoms with van der Waals surface area (Å²) >= 11 is 0. The fourth-order valence-electron chi connectivity index (χ4n) is 6.32. The van der Waals surface area contributed by atoms with Crippen molar-refractivity contribution < 1.29 is 9.90 Å². The van der Waals surface area contributed by atoms with E-state index in [0.29, 0.717) is 25.4 Å². The van der Waals surface area contributed by atoms with Gasteiger partial charge in [0.25, 0.3) is 0 Å². The van der Waals surface area contributed by atoms with E-state index >= 15 is 0 Å². The standard InChI is InChI=1S/C32H45N5O2/c1-2-3-17-37-30-9-5-4-8-29(30)34-32(37)26-7-6-16-36(22-26)31(39)21-27(33)20-24-10-12-28(13-11-24)35-18-14-25(23-38)15-19-35/h4-5,8-13,25-27,38H,2-3,6-7,14-23,33H2,1H3/t26-,27-/m1/s1. The lowest BCUT2D eigenvalue weighted by molar-refractivity contribution is -0.132. The molecule has 0 bridgehead atoms. The van der Waals surface area contributed by atoms with Crippen molar-refractivity contribution in [2.45, 2.75) is 76.8 Å². The largest absolute Gasteiger partial charge is 0.396 e. The van der Waals surface area contributed by atoms with Crippen molar-refractivity contribution in [1.82, 2.24) is 14.5 Å². The number of piperidine rings is 2. The van der Waals surface area contributed by atoms with Crippen LogP contribution >= 0.6 is 0 Å². The quantitative estimate of drug-likeness (QED) is 0.396. The van der Waals surface area contributed by atoms with E-state index in [0.717, 1.165) is 82.6 Å². The van der Waals surface area contributed by atoms with Crippen molar-refractivity contribution >= 4 is 22.6 Å². The molecular weight excluding hydrogens is 486 g/mol. The summed E-state index contributed by atoms with van der Waals surface area (Å²) in [5, 5.41) is 9.38. The Hall–Kier alpha value is -2.90. The van der Waals surface area contributed by atoms with E-state index in [2.05, 4.69) is 64.9 Å². The number of unbranched alkanes of at least 4 members (excludes halogenated alkanes) is 1. The molecule has 0 spiro atoms. The number of anilines is 1. The number of hydrogen-bond acceptors (Lipinski definition) is 5. The molecule has 1 amide bonds. The third kappa shape index (κ3) is 6.64. The summed E-state index contributed by atoms with van der Waals surface area (Å²) in [6.45, 7) is 7.00. The molecule has 2 fully saturated rings. The van der Waals surface area contributed by atoms with Crippen LogP contribution in [0.3, 0.4) is 0 Å². The van der Waals surface area contributed by atoms with Gasteiger partial charge in [0.05, 0.1) is 11.0 Å². The molecule has 7 nitrogen and oxygen atoms in total. The van der Waals surface area contributed by atoms with Crippen molar-refractivity contribution in [2.24, 2.45) is 11.7 Å². The van der Waals surface area contributed by atoms with E-state index < -0.39 is 0 Å². The number of benzene rings is 2. The number of hydrogen-bond donors (Lipinski definition) is 2. The molecule has 2 atom stereocenters. The normalized spacial score (nSPS) is 19.5. The summed E-state index contributed by atoms with van der Waals surface area (Å²) in [6, 6.07) is 16.8. The molecule has 0 saturated carbocycles. The number of fused-ring (bicyclic) bond motifs is 1. The van der Waals surface area contributed by atoms with Crippen LogP contribution in [-0.2, 0) is 17.8 Å². The highest BCUT2D eigenvalue weighted by atomic mass is 16.3. The zero-order chi connectivity index (χ0) is 27.2. The number of amides is 1. The van der Waals surface area contributed by atoms with Gasteiger partial charge in [-0.1, -0.05) is 37.6 Å². The number of rotatable bonds is 10. The number of aliphatic hydroxyl groups is 1. The molecule has 3 heterocycles. The van der Waals surface area contributed by atoms with E-state index in [1.54, 1.807) is 0 Å². The Balaban J connectivity index is 1.17. The molecule has 2 aromatic carbocycles. The Morgan fingerprint density at radius 2 is 1.85 bits per heavy atom. The molecule has 2 saturated heterocycles. The minimum Gasteiger partial charge on any atom is -0.396 e. The van der Waals surface area contributed by atoms with Crippen LogP contribution < -0.4 is 10.6 Å². The van der Waals surface area contributed by atoms with Crippen molar-refractivity contribution in [1.29, 1.82) is 0 Å². The van der Waals surface area contributed by atoms with E-state index in [4.69, 9.17) is 10.7 Å². The Bertz CT molecular complexity index is 1220. The lowest BCUT2D eigenvalue weighted by Gasteiger charge is -2.33. The lowest BCUT2D eigenvalue weighted by Crippen LogP contribution is -2.42. The van der Waals surface area contributed by atoms with E-state index in [1.165, 1.54) is 16.8 Å². The number of carbonyl (C=O) groups is 1. The van der Waals surface area contributed by atoms with Crippen molar-refractivity contribution in [3.8, 4) is 0 Å². The van der Waals surface area contributed by atoms with Crippen molar-refractivity contribution in [3.63, 3.8) is 0 Å². The predicted octanol–water partition coefficient (Wildman–Crippen LogP) is 4.71. The van der Waals surface area contributed by atoms with Gasteiger partial charge in [-0.25, -0.2) is 4.98 Å². The first-order chi connectivity index (χ1) is 19.1. The van der Waals surface area contributed by atoms with E-state index in [-0.39, 0.29) is 17.9 Å². The number of para-hydroxylation sites is 2. The number of aromatic nitrogens is 2. The number of aryl methyl sites for hydroxylation is 1.